The number of amides is 1. The average molecular weight is 468 g/mol. The molecule has 32 heavy (non-hydrogen) atoms. The first-order valence-corrected chi connectivity index (χ1v) is 11.2. The smallest absolute Gasteiger partial charge is 0.287 e. The summed E-state index contributed by atoms with van der Waals surface area (Å²) in [7, 11) is 0. The highest BCUT2D eigenvalue weighted by Crippen LogP contribution is 2.39. The van der Waals surface area contributed by atoms with E-state index < -0.39 is 0 Å². The van der Waals surface area contributed by atoms with E-state index in [1.807, 2.05) is 24.3 Å². The summed E-state index contributed by atoms with van der Waals surface area (Å²) in [5.41, 5.74) is 8.85. The molecular weight excluding hydrogens is 450 g/mol. The molecule has 162 valence electrons. The molecule has 0 unspecified atom stereocenters. The summed E-state index contributed by atoms with van der Waals surface area (Å²) < 4.78 is 5.66. The molecule has 1 amide bonds. The first-order valence-electron chi connectivity index (χ1n) is 9.83. The van der Waals surface area contributed by atoms with E-state index in [-0.39, 0.29) is 17.7 Å². The summed E-state index contributed by atoms with van der Waals surface area (Å²) in [6, 6.07) is 7.92. The van der Waals surface area contributed by atoms with Crippen molar-refractivity contribution in [2.75, 3.05) is 18.0 Å². The van der Waals surface area contributed by atoms with Gasteiger partial charge in [-0.1, -0.05) is 41.6 Å². The van der Waals surface area contributed by atoms with E-state index >= 15 is 0 Å². The number of hydrogen-bond acceptors (Lipinski definition) is 8. The number of aromatic amines is 1. The van der Waals surface area contributed by atoms with Crippen LogP contribution in [0.25, 0.3) is 22.2 Å². The number of carbonyl (C=O) groups excluding carboxylic acids is 1. The van der Waals surface area contributed by atoms with Crippen molar-refractivity contribution in [1.29, 1.82) is 0 Å². The fourth-order valence-electron chi connectivity index (χ4n) is 3.67. The predicted octanol–water partition coefficient (Wildman–Crippen LogP) is 3.20. The number of nitrogen functional groups attached to an aromatic ring is 1. The minimum Gasteiger partial charge on any atom is -0.372 e. The maximum absolute atomic E-state index is 12.0. The maximum Gasteiger partial charge on any atom is 0.287 e. The van der Waals surface area contributed by atoms with Gasteiger partial charge < -0.3 is 20.8 Å². The van der Waals surface area contributed by atoms with Gasteiger partial charge in [-0.15, -0.1) is 0 Å². The second kappa shape index (κ2) is 8.73. The lowest BCUT2D eigenvalue weighted by Crippen LogP contribution is -2.26. The molecule has 0 spiro atoms. The van der Waals surface area contributed by atoms with E-state index in [0.29, 0.717) is 41.5 Å². The van der Waals surface area contributed by atoms with Gasteiger partial charge in [0, 0.05) is 30.3 Å². The monoisotopic (exact) mass is 467 g/mol. The van der Waals surface area contributed by atoms with Crippen molar-refractivity contribution in [2.45, 2.75) is 18.4 Å². The lowest BCUT2D eigenvalue weighted by Gasteiger charge is -2.20. The summed E-state index contributed by atoms with van der Waals surface area (Å²) in [5.74, 6) is 1.07. The van der Waals surface area contributed by atoms with Crippen LogP contribution in [0.1, 0.15) is 21.7 Å². The SMILES string of the molecule is Nc1nc(SCCNC(=O)c2ncc[nH]2)nc(-c2c(Cl)cc3c4c(cccc24)COC3)n1. The number of H-pyrrole nitrogens is 1. The second-order valence-corrected chi connectivity index (χ2v) is 8.54. The molecule has 0 saturated carbocycles. The Morgan fingerprint density at radius 3 is 2.97 bits per heavy atom. The van der Waals surface area contributed by atoms with Gasteiger partial charge in [0.1, 0.15) is 0 Å². The molecule has 0 radical (unpaired) electrons. The number of rotatable bonds is 6. The molecule has 11 heteroatoms. The normalized spacial score (nSPS) is 12.8. The van der Waals surface area contributed by atoms with E-state index in [9.17, 15) is 4.79 Å². The number of imidazole rings is 1. The van der Waals surface area contributed by atoms with Crippen molar-refractivity contribution in [1.82, 2.24) is 30.2 Å². The zero-order valence-electron chi connectivity index (χ0n) is 16.8. The van der Waals surface area contributed by atoms with Crippen LogP contribution in [0.15, 0.2) is 41.8 Å². The molecule has 9 nitrogen and oxygen atoms in total. The summed E-state index contributed by atoms with van der Waals surface area (Å²) in [4.78, 5) is 31.8. The third-order valence-electron chi connectivity index (χ3n) is 4.98. The number of thioether (sulfide) groups is 1. The van der Waals surface area contributed by atoms with E-state index in [1.165, 1.54) is 18.0 Å². The molecule has 1 aliphatic heterocycles. The van der Waals surface area contributed by atoms with Gasteiger partial charge in [-0.25, -0.2) is 9.97 Å². The Morgan fingerprint density at radius 1 is 1.25 bits per heavy atom. The Balaban J connectivity index is 1.40. The van der Waals surface area contributed by atoms with Crippen molar-refractivity contribution in [3.63, 3.8) is 0 Å². The van der Waals surface area contributed by atoms with Gasteiger partial charge in [-0.2, -0.15) is 9.97 Å². The number of nitrogens with zero attached hydrogens (tertiary/aromatic N) is 4. The van der Waals surface area contributed by atoms with Gasteiger partial charge in [0.25, 0.3) is 5.91 Å². The molecule has 2 aromatic heterocycles. The van der Waals surface area contributed by atoms with E-state index in [0.717, 1.165) is 27.5 Å². The number of hydrogen-bond donors (Lipinski definition) is 3. The molecule has 0 atom stereocenters. The number of benzene rings is 2. The minimum absolute atomic E-state index is 0.108. The zero-order valence-corrected chi connectivity index (χ0v) is 18.3. The van der Waals surface area contributed by atoms with Crippen molar-refractivity contribution < 1.29 is 9.53 Å². The molecule has 2 aromatic carbocycles. The van der Waals surface area contributed by atoms with E-state index in [1.54, 1.807) is 6.20 Å². The van der Waals surface area contributed by atoms with Crippen molar-refractivity contribution >= 4 is 46.0 Å². The van der Waals surface area contributed by atoms with Gasteiger partial charge in [0.05, 0.1) is 18.2 Å². The number of carbonyl (C=O) groups is 1. The van der Waals surface area contributed by atoms with Gasteiger partial charge in [-0.3, -0.25) is 4.79 Å². The van der Waals surface area contributed by atoms with Gasteiger partial charge in [-0.05, 0) is 28.0 Å². The van der Waals surface area contributed by atoms with Crippen molar-refractivity contribution in [3.8, 4) is 11.4 Å². The van der Waals surface area contributed by atoms with Crippen LogP contribution in [0.5, 0.6) is 0 Å². The standard InChI is InChI=1S/C21H18ClN7O2S/c22-14-8-12-10-31-9-11-2-1-3-13(15(11)12)16(14)17-27-20(23)29-21(28-17)32-7-6-26-19(30)18-24-4-5-25-18/h1-5,8H,6-7,9-10H2,(H,24,25)(H,26,30)(H2,23,27,28,29). The Hall–Kier alpha value is -3.21. The van der Waals surface area contributed by atoms with Crippen LogP contribution in [0.3, 0.4) is 0 Å². The van der Waals surface area contributed by atoms with Crippen LogP contribution in [0, 0.1) is 0 Å². The van der Waals surface area contributed by atoms with Crippen LogP contribution >= 0.6 is 23.4 Å². The summed E-state index contributed by atoms with van der Waals surface area (Å²) in [5, 5.41) is 5.85. The Labute approximate surface area is 192 Å². The molecule has 1 aliphatic rings. The lowest BCUT2D eigenvalue weighted by molar-refractivity contribution is 0.0946. The number of nitrogens with two attached hydrogens (primary N) is 1. The van der Waals surface area contributed by atoms with Crippen LogP contribution in [-0.4, -0.2) is 43.1 Å². The highest BCUT2D eigenvalue weighted by Gasteiger charge is 2.21. The molecule has 0 aliphatic carbocycles. The number of nitrogens with one attached hydrogen (secondary N) is 2. The number of anilines is 1. The molecular formula is C21H18ClN7O2S. The van der Waals surface area contributed by atoms with E-state index in [4.69, 9.17) is 22.1 Å². The highest BCUT2D eigenvalue weighted by atomic mass is 35.5. The lowest BCUT2D eigenvalue weighted by atomic mass is 9.94. The van der Waals surface area contributed by atoms with Gasteiger partial charge in [0.15, 0.2) is 16.8 Å². The molecule has 5 rings (SSSR count). The first kappa shape index (κ1) is 20.7. The number of halogens is 1. The Kier molecular flexibility index (Phi) is 5.64. The quantitative estimate of drug-likeness (QED) is 0.291. The number of aromatic nitrogens is 5. The minimum atomic E-state index is -0.272. The second-order valence-electron chi connectivity index (χ2n) is 7.07. The number of ether oxygens (including phenoxy) is 1. The van der Waals surface area contributed by atoms with Crippen LogP contribution in [-0.2, 0) is 18.0 Å². The van der Waals surface area contributed by atoms with Gasteiger partial charge in [0.2, 0.25) is 5.95 Å². The fraction of sp³-hybridized carbons (Fsp3) is 0.190. The van der Waals surface area contributed by atoms with Crippen molar-refractivity contribution in [2.24, 2.45) is 0 Å². The molecule has 0 saturated heterocycles. The predicted molar refractivity (Wildman–Crippen MR) is 122 cm³/mol. The molecule has 4 N–H and O–H groups in total. The summed E-state index contributed by atoms with van der Waals surface area (Å²) in [6.07, 6.45) is 3.12. The molecule has 0 bridgehead atoms. The maximum atomic E-state index is 12.0. The molecule has 3 heterocycles. The topological polar surface area (TPSA) is 132 Å². The Bertz CT molecular complexity index is 1310. The average Bonchev–Trinajstić information content (AvgIpc) is 3.32. The third-order valence-corrected chi connectivity index (χ3v) is 6.13. The first-order chi connectivity index (χ1) is 15.6. The molecule has 0 fully saturated rings. The third kappa shape index (κ3) is 3.99. The fourth-order valence-corrected chi connectivity index (χ4v) is 4.69. The Morgan fingerprint density at radius 2 is 2.12 bits per heavy atom. The largest absolute Gasteiger partial charge is 0.372 e. The summed E-state index contributed by atoms with van der Waals surface area (Å²) in [6.45, 7) is 1.47. The van der Waals surface area contributed by atoms with Crippen LogP contribution in [0.4, 0.5) is 5.95 Å². The molecule has 4 aromatic rings. The van der Waals surface area contributed by atoms with E-state index in [2.05, 4.69) is 30.2 Å². The van der Waals surface area contributed by atoms with Crippen molar-refractivity contribution in [3.05, 3.63) is 58.6 Å². The van der Waals surface area contributed by atoms with Gasteiger partial charge >= 0.3 is 0 Å². The zero-order chi connectivity index (χ0) is 22.1. The highest BCUT2D eigenvalue weighted by molar-refractivity contribution is 7.99. The van der Waals surface area contributed by atoms with Crippen LogP contribution in [0.2, 0.25) is 5.02 Å². The summed E-state index contributed by atoms with van der Waals surface area (Å²) >= 11 is 8.02. The van der Waals surface area contributed by atoms with Crippen LogP contribution < -0.4 is 11.1 Å².